The third-order valence-corrected chi connectivity index (χ3v) is 5.90. The number of halogens is 1. The first-order chi connectivity index (χ1) is 12.1. The van der Waals surface area contributed by atoms with Crippen LogP contribution in [-0.2, 0) is 14.3 Å². The van der Waals surface area contributed by atoms with E-state index in [1.165, 1.54) is 13.5 Å². The van der Waals surface area contributed by atoms with Crippen molar-refractivity contribution in [3.8, 4) is 0 Å². The topological polar surface area (TPSA) is 81.4 Å². The number of hydrogen-bond donors (Lipinski definition) is 2. The molecular formula is C20H29ClN2O3. The molecule has 1 amide bonds. The molecule has 5 nitrogen and oxygen atoms in total. The van der Waals surface area contributed by atoms with Crippen molar-refractivity contribution >= 4 is 24.3 Å². The second-order valence-electron chi connectivity index (χ2n) is 7.45. The number of nitrogens with one attached hydrogen (secondary N) is 1. The number of carbonyl (C=O) groups is 2. The summed E-state index contributed by atoms with van der Waals surface area (Å²) in [4.78, 5) is 24.7. The first-order valence-corrected chi connectivity index (χ1v) is 9.26. The Bertz CT molecular complexity index is 596. The van der Waals surface area contributed by atoms with E-state index in [1.807, 2.05) is 30.3 Å². The molecule has 3 atom stereocenters. The monoisotopic (exact) mass is 380 g/mol. The molecule has 0 heterocycles. The number of fused-ring (bicyclic) bond motifs is 2. The minimum absolute atomic E-state index is 0. The van der Waals surface area contributed by atoms with Gasteiger partial charge in [-0.3, -0.25) is 9.59 Å². The molecule has 2 aliphatic rings. The number of nitrogens with two attached hydrogens (primary N) is 1. The minimum atomic E-state index is -0.350. The predicted molar refractivity (Wildman–Crippen MR) is 103 cm³/mol. The number of ether oxygens (including phenoxy) is 1. The van der Waals surface area contributed by atoms with Crippen LogP contribution in [-0.4, -0.2) is 25.0 Å². The molecular weight excluding hydrogens is 352 g/mol. The fourth-order valence-corrected chi connectivity index (χ4v) is 4.48. The van der Waals surface area contributed by atoms with Crippen molar-refractivity contribution < 1.29 is 14.3 Å². The molecule has 2 aliphatic carbocycles. The summed E-state index contributed by atoms with van der Waals surface area (Å²) in [6.07, 6.45) is 5.36. The highest BCUT2D eigenvalue weighted by Gasteiger charge is 2.40. The van der Waals surface area contributed by atoms with Crippen molar-refractivity contribution in [2.75, 3.05) is 7.11 Å². The van der Waals surface area contributed by atoms with Crippen molar-refractivity contribution in [2.24, 2.45) is 23.5 Å². The van der Waals surface area contributed by atoms with Crippen LogP contribution in [0, 0.1) is 17.8 Å². The molecule has 0 saturated heterocycles. The van der Waals surface area contributed by atoms with Crippen LogP contribution in [0.25, 0.3) is 0 Å². The minimum Gasteiger partial charge on any atom is -0.469 e. The average molecular weight is 381 g/mol. The lowest BCUT2D eigenvalue weighted by molar-refractivity contribution is -0.141. The van der Waals surface area contributed by atoms with Gasteiger partial charge in [-0.1, -0.05) is 36.8 Å². The largest absolute Gasteiger partial charge is 0.469 e. The highest BCUT2D eigenvalue weighted by molar-refractivity contribution is 5.85. The fraction of sp³-hybridized carbons (Fsp3) is 0.600. The Balaban J connectivity index is 0.00000243. The van der Waals surface area contributed by atoms with Gasteiger partial charge in [0.1, 0.15) is 0 Å². The van der Waals surface area contributed by atoms with E-state index < -0.39 is 0 Å². The lowest BCUT2D eigenvalue weighted by atomic mass is 9.65. The van der Waals surface area contributed by atoms with E-state index in [9.17, 15) is 9.59 Å². The van der Waals surface area contributed by atoms with E-state index in [-0.39, 0.29) is 48.7 Å². The predicted octanol–water partition coefficient (Wildman–Crippen LogP) is 2.98. The van der Waals surface area contributed by atoms with Gasteiger partial charge in [0.15, 0.2) is 0 Å². The van der Waals surface area contributed by atoms with E-state index in [1.54, 1.807) is 0 Å². The molecule has 6 heteroatoms. The van der Waals surface area contributed by atoms with E-state index in [4.69, 9.17) is 10.5 Å². The number of methoxy groups -OCH3 is 1. The molecule has 26 heavy (non-hydrogen) atoms. The molecule has 0 aliphatic heterocycles. The Morgan fingerprint density at radius 3 is 2.38 bits per heavy atom. The van der Waals surface area contributed by atoms with E-state index in [0.29, 0.717) is 11.8 Å². The molecule has 1 aromatic rings. The van der Waals surface area contributed by atoms with Crippen molar-refractivity contribution in [3.05, 3.63) is 35.9 Å². The summed E-state index contributed by atoms with van der Waals surface area (Å²) in [5.41, 5.74) is 7.25. The highest BCUT2D eigenvalue weighted by Crippen LogP contribution is 2.42. The molecule has 144 valence electrons. The summed E-state index contributed by atoms with van der Waals surface area (Å²) < 4.78 is 4.80. The van der Waals surface area contributed by atoms with Crippen molar-refractivity contribution in [2.45, 2.75) is 50.6 Å². The van der Waals surface area contributed by atoms with Gasteiger partial charge in [0.2, 0.25) is 5.91 Å². The fourth-order valence-electron chi connectivity index (χ4n) is 4.48. The Morgan fingerprint density at radius 2 is 1.81 bits per heavy atom. The summed E-state index contributed by atoms with van der Waals surface area (Å²) in [6.45, 7) is 0. The molecule has 2 bridgehead atoms. The Hall–Kier alpha value is -1.59. The van der Waals surface area contributed by atoms with Crippen LogP contribution < -0.4 is 11.1 Å². The highest BCUT2D eigenvalue weighted by atomic mass is 35.5. The number of rotatable bonds is 5. The standard InChI is InChI=1S/C20H28N2O3.ClH/c1-25-18(23)12-17(13-6-3-2-4-7-13)22-20(24)16-10-14-8-5-9-15(11-16)19(14)21;/h2-4,6-7,14-17,19H,5,8-12,21H2,1H3,(H,22,24);1H. The van der Waals surface area contributed by atoms with Crippen molar-refractivity contribution in [1.82, 2.24) is 5.32 Å². The lowest BCUT2D eigenvalue weighted by Gasteiger charge is -2.43. The summed E-state index contributed by atoms with van der Waals surface area (Å²) in [7, 11) is 1.37. The normalized spacial score (nSPS) is 28.4. The third-order valence-electron chi connectivity index (χ3n) is 5.90. The van der Waals surface area contributed by atoms with Gasteiger partial charge in [-0.05, 0) is 43.1 Å². The molecule has 1 aromatic carbocycles. The maximum absolute atomic E-state index is 12.9. The van der Waals surface area contributed by atoms with Crippen LogP contribution in [0.1, 0.15) is 50.1 Å². The van der Waals surface area contributed by atoms with Gasteiger partial charge in [-0.25, -0.2) is 0 Å². The second kappa shape index (κ2) is 9.38. The first kappa shape index (κ1) is 20.7. The van der Waals surface area contributed by atoms with Crippen LogP contribution in [0.3, 0.4) is 0 Å². The van der Waals surface area contributed by atoms with Gasteiger partial charge in [-0.15, -0.1) is 12.4 Å². The van der Waals surface area contributed by atoms with Crippen LogP contribution in [0.4, 0.5) is 0 Å². The lowest BCUT2D eigenvalue weighted by Crippen LogP contribution is -2.49. The molecule has 2 fully saturated rings. The molecule has 0 aromatic heterocycles. The van der Waals surface area contributed by atoms with Crippen LogP contribution in [0.15, 0.2) is 30.3 Å². The number of hydrogen-bond acceptors (Lipinski definition) is 4. The summed E-state index contributed by atoms with van der Waals surface area (Å²) in [6, 6.07) is 9.50. The maximum atomic E-state index is 12.9. The van der Waals surface area contributed by atoms with Gasteiger partial charge in [0, 0.05) is 12.0 Å². The van der Waals surface area contributed by atoms with E-state index in [0.717, 1.165) is 31.2 Å². The quantitative estimate of drug-likeness (QED) is 0.769. The zero-order valence-corrected chi connectivity index (χ0v) is 16.0. The zero-order chi connectivity index (χ0) is 17.8. The Morgan fingerprint density at radius 1 is 1.19 bits per heavy atom. The molecule has 0 radical (unpaired) electrons. The van der Waals surface area contributed by atoms with Gasteiger partial charge < -0.3 is 15.8 Å². The number of benzene rings is 1. The average Bonchev–Trinajstić information content (AvgIpc) is 2.61. The molecule has 3 rings (SSSR count). The van der Waals surface area contributed by atoms with Crippen molar-refractivity contribution in [1.29, 1.82) is 0 Å². The van der Waals surface area contributed by atoms with Gasteiger partial charge in [0.05, 0.1) is 19.6 Å². The second-order valence-corrected chi connectivity index (χ2v) is 7.45. The van der Waals surface area contributed by atoms with Crippen LogP contribution in [0.2, 0.25) is 0 Å². The Kier molecular flexibility index (Phi) is 7.47. The van der Waals surface area contributed by atoms with E-state index in [2.05, 4.69) is 5.32 Å². The molecule has 3 unspecified atom stereocenters. The third kappa shape index (κ3) is 4.77. The van der Waals surface area contributed by atoms with Crippen LogP contribution >= 0.6 is 12.4 Å². The molecule has 0 spiro atoms. The number of esters is 1. The molecule has 3 N–H and O–H groups in total. The molecule has 2 saturated carbocycles. The summed E-state index contributed by atoms with van der Waals surface area (Å²) in [5, 5.41) is 3.09. The smallest absolute Gasteiger partial charge is 0.307 e. The Labute approximate surface area is 161 Å². The van der Waals surface area contributed by atoms with Gasteiger partial charge >= 0.3 is 5.97 Å². The first-order valence-electron chi connectivity index (χ1n) is 9.26. The van der Waals surface area contributed by atoms with E-state index >= 15 is 0 Å². The summed E-state index contributed by atoms with van der Waals surface area (Å²) in [5.74, 6) is 0.635. The summed E-state index contributed by atoms with van der Waals surface area (Å²) >= 11 is 0. The van der Waals surface area contributed by atoms with Gasteiger partial charge in [-0.2, -0.15) is 0 Å². The van der Waals surface area contributed by atoms with Crippen LogP contribution in [0.5, 0.6) is 0 Å². The zero-order valence-electron chi connectivity index (χ0n) is 15.2. The van der Waals surface area contributed by atoms with Gasteiger partial charge in [0.25, 0.3) is 0 Å². The number of carbonyl (C=O) groups excluding carboxylic acids is 2. The van der Waals surface area contributed by atoms with Crippen molar-refractivity contribution in [3.63, 3.8) is 0 Å². The maximum Gasteiger partial charge on any atom is 0.307 e. The number of amides is 1. The SMILES string of the molecule is COC(=O)CC(NC(=O)C1CC2CCCC(C1)C2N)c1ccccc1.Cl.